The number of likely N-dealkylation sites (tertiary alicyclic amines) is 1. The molecule has 104 valence electrons. The molecule has 2 fully saturated rings. The first kappa shape index (κ1) is 13.1. The molecule has 3 unspecified atom stereocenters. The van der Waals surface area contributed by atoms with Crippen LogP contribution in [-0.4, -0.2) is 30.1 Å². The molecule has 2 aliphatic heterocycles. The van der Waals surface area contributed by atoms with Gasteiger partial charge in [0, 0.05) is 31.2 Å². The zero-order chi connectivity index (χ0) is 13.2. The van der Waals surface area contributed by atoms with Gasteiger partial charge in [-0.05, 0) is 43.7 Å². The van der Waals surface area contributed by atoms with E-state index in [-0.39, 0.29) is 0 Å². The first-order chi connectivity index (χ1) is 9.26. The first-order valence-electron chi connectivity index (χ1n) is 7.85. The molecule has 0 spiro atoms. The summed E-state index contributed by atoms with van der Waals surface area (Å²) < 4.78 is 0. The van der Waals surface area contributed by atoms with Crippen LogP contribution in [0.5, 0.6) is 0 Å². The number of hydrogen-bond acceptors (Lipinski definition) is 2. The second-order valence-electron chi connectivity index (χ2n) is 6.19. The van der Waals surface area contributed by atoms with Gasteiger partial charge in [0.2, 0.25) is 0 Å². The van der Waals surface area contributed by atoms with Gasteiger partial charge in [-0.2, -0.15) is 0 Å². The van der Waals surface area contributed by atoms with E-state index in [1.165, 1.54) is 43.5 Å². The molecule has 0 aliphatic carbocycles. The van der Waals surface area contributed by atoms with Crippen molar-refractivity contribution >= 4 is 0 Å². The lowest BCUT2D eigenvalue weighted by Crippen LogP contribution is -2.36. The van der Waals surface area contributed by atoms with Gasteiger partial charge < -0.3 is 5.32 Å². The minimum Gasteiger partial charge on any atom is -0.310 e. The maximum Gasteiger partial charge on any atom is 0.0320 e. The predicted molar refractivity (Wildman–Crippen MR) is 80.4 cm³/mol. The number of aryl methyl sites for hydroxylation is 1. The summed E-state index contributed by atoms with van der Waals surface area (Å²) in [7, 11) is 0. The third-order valence-corrected chi connectivity index (χ3v) is 4.97. The van der Waals surface area contributed by atoms with Crippen molar-refractivity contribution in [3.63, 3.8) is 0 Å². The Kier molecular flexibility index (Phi) is 3.90. The molecule has 0 amide bonds. The lowest BCUT2D eigenvalue weighted by atomic mass is 10.0. The fraction of sp³-hybridized carbons (Fsp3) is 0.647. The summed E-state index contributed by atoms with van der Waals surface area (Å²) in [6.45, 7) is 7.04. The van der Waals surface area contributed by atoms with E-state index in [0.29, 0.717) is 6.04 Å². The molecule has 0 aromatic heterocycles. The summed E-state index contributed by atoms with van der Waals surface area (Å²) in [5.74, 6) is 0. The van der Waals surface area contributed by atoms with Gasteiger partial charge in [-0.1, -0.05) is 31.2 Å². The highest BCUT2D eigenvalue weighted by Crippen LogP contribution is 2.27. The third-order valence-electron chi connectivity index (χ3n) is 4.97. The van der Waals surface area contributed by atoms with E-state index < -0.39 is 0 Å². The molecule has 2 heteroatoms. The number of nitrogens with zero attached hydrogens (tertiary/aromatic N) is 1. The average molecular weight is 258 g/mol. The molecular formula is C17H26N2. The van der Waals surface area contributed by atoms with Crippen LogP contribution in [0.1, 0.15) is 50.3 Å². The van der Waals surface area contributed by atoms with Crippen LogP contribution in [-0.2, 0) is 6.42 Å². The van der Waals surface area contributed by atoms with Crippen LogP contribution < -0.4 is 5.32 Å². The fourth-order valence-corrected chi connectivity index (χ4v) is 3.56. The second-order valence-corrected chi connectivity index (χ2v) is 6.19. The molecule has 3 rings (SSSR count). The molecular weight excluding hydrogens is 232 g/mol. The molecule has 2 saturated heterocycles. The van der Waals surface area contributed by atoms with Gasteiger partial charge in [-0.15, -0.1) is 0 Å². The van der Waals surface area contributed by atoms with Gasteiger partial charge in [0.05, 0.1) is 0 Å². The second kappa shape index (κ2) is 5.64. The summed E-state index contributed by atoms with van der Waals surface area (Å²) in [5, 5.41) is 3.77. The maximum absolute atomic E-state index is 3.77. The Hall–Kier alpha value is -0.860. The Morgan fingerprint density at radius 1 is 1.16 bits per heavy atom. The minimum atomic E-state index is 0.548. The minimum absolute atomic E-state index is 0.548. The third kappa shape index (κ3) is 2.85. The lowest BCUT2D eigenvalue weighted by Gasteiger charge is -2.30. The van der Waals surface area contributed by atoms with Gasteiger partial charge in [-0.25, -0.2) is 0 Å². The van der Waals surface area contributed by atoms with Crippen molar-refractivity contribution in [1.29, 1.82) is 0 Å². The molecule has 0 radical (unpaired) electrons. The van der Waals surface area contributed by atoms with Gasteiger partial charge >= 0.3 is 0 Å². The maximum atomic E-state index is 3.77. The number of benzene rings is 1. The number of nitrogens with one attached hydrogen (secondary N) is 1. The smallest absolute Gasteiger partial charge is 0.0320 e. The largest absolute Gasteiger partial charge is 0.310 e. The summed E-state index contributed by atoms with van der Waals surface area (Å²) in [5.41, 5.74) is 2.91. The van der Waals surface area contributed by atoms with Crippen LogP contribution in [0, 0.1) is 0 Å². The molecule has 2 nitrogen and oxygen atoms in total. The Morgan fingerprint density at radius 2 is 1.89 bits per heavy atom. The molecule has 2 heterocycles. The summed E-state index contributed by atoms with van der Waals surface area (Å²) in [6, 6.07) is 11.3. The highest BCUT2D eigenvalue weighted by Gasteiger charge is 2.31. The van der Waals surface area contributed by atoms with Gasteiger partial charge in [0.1, 0.15) is 0 Å². The van der Waals surface area contributed by atoms with Crippen molar-refractivity contribution in [2.24, 2.45) is 0 Å². The van der Waals surface area contributed by atoms with Crippen molar-refractivity contribution in [3.8, 4) is 0 Å². The van der Waals surface area contributed by atoms with Crippen LogP contribution in [0.3, 0.4) is 0 Å². The first-order valence-corrected chi connectivity index (χ1v) is 7.85. The fourth-order valence-electron chi connectivity index (χ4n) is 3.56. The van der Waals surface area contributed by atoms with Crippen molar-refractivity contribution in [2.75, 3.05) is 13.1 Å². The normalized spacial score (nSPS) is 29.2. The molecule has 0 saturated carbocycles. The molecule has 2 bridgehead atoms. The summed E-state index contributed by atoms with van der Waals surface area (Å²) >= 11 is 0. The van der Waals surface area contributed by atoms with Gasteiger partial charge in [-0.3, -0.25) is 4.90 Å². The number of hydrogen-bond donors (Lipinski definition) is 1. The zero-order valence-corrected chi connectivity index (χ0v) is 12.2. The van der Waals surface area contributed by atoms with Crippen LogP contribution in [0.4, 0.5) is 0 Å². The predicted octanol–water partition coefficient (Wildman–Crippen LogP) is 3.14. The molecule has 1 aromatic rings. The summed E-state index contributed by atoms with van der Waals surface area (Å²) in [6.07, 6.45) is 5.20. The Morgan fingerprint density at radius 3 is 2.63 bits per heavy atom. The van der Waals surface area contributed by atoms with Gasteiger partial charge in [0.25, 0.3) is 0 Å². The number of fused-ring (bicyclic) bond motifs is 2. The van der Waals surface area contributed by atoms with E-state index in [9.17, 15) is 0 Å². The standard InChI is InChI=1S/C17H26N2/c1-3-14-4-6-15(7-5-14)13(2)19-11-10-16-8-9-17(12-19)18-16/h4-7,13,16-18H,3,8-12H2,1-2H3. The van der Waals surface area contributed by atoms with Gasteiger partial charge in [0.15, 0.2) is 0 Å². The van der Waals surface area contributed by atoms with Crippen molar-refractivity contribution < 1.29 is 0 Å². The average Bonchev–Trinajstić information content (AvgIpc) is 2.78. The van der Waals surface area contributed by atoms with E-state index in [0.717, 1.165) is 18.5 Å². The lowest BCUT2D eigenvalue weighted by molar-refractivity contribution is 0.200. The Bertz CT molecular complexity index is 412. The highest BCUT2D eigenvalue weighted by atomic mass is 15.2. The van der Waals surface area contributed by atoms with Crippen LogP contribution in [0.15, 0.2) is 24.3 Å². The van der Waals surface area contributed by atoms with Crippen molar-refractivity contribution in [3.05, 3.63) is 35.4 Å². The van der Waals surface area contributed by atoms with E-state index in [1.807, 2.05) is 0 Å². The molecule has 19 heavy (non-hydrogen) atoms. The molecule has 1 N–H and O–H groups in total. The SMILES string of the molecule is CCc1ccc(C(C)N2CCC3CCC(C2)N3)cc1. The highest BCUT2D eigenvalue weighted by molar-refractivity contribution is 5.24. The molecule has 1 aromatic carbocycles. The molecule has 3 atom stereocenters. The van der Waals surface area contributed by atoms with E-state index in [2.05, 4.69) is 48.3 Å². The van der Waals surface area contributed by atoms with E-state index >= 15 is 0 Å². The Balaban J connectivity index is 1.69. The van der Waals surface area contributed by atoms with Crippen molar-refractivity contribution in [2.45, 2.75) is 57.7 Å². The number of rotatable bonds is 3. The quantitative estimate of drug-likeness (QED) is 0.896. The van der Waals surface area contributed by atoms with E-state index in [4.69, 9.17) is 0 Å². The van der Waals surface area contributed by atoms with Crippen molar-refractivity contribution in [1.82, 2.24) is 10.2 Å². The van der Waals surface area contributed by atoms with Crippen LogP contribution >= 0.6 is 0 Å². The topological polar surface area (TPSA) is 15.3 Å². The monoisotopic (exact) mass is 258 g/mol. The Labute approximate surface area is 117 Å². The van der Waals surface area contributed by atoms with E-state index in [1.54, 1.807) is 0 Å². The van der Waals surface area contributed by atoms with Crippen LogP contribution in [0.2, 0.25) is 0 Å². The van der Waals surface area contributed by atoms with Crippen LogP contribution in [0.25, 0.3) is 0 Å². The zero-order valence-electron chi connectivity index (χ0n) is 12.2. The molecule has 2 aliphatic rings. The summed E-state index contributed by atoms with van der Waals surface area (Å²) in [4.78, 5) is 2.66.